The van der Waals surface area contributed by atoms with Crippen molar-refractivity contribution in [3.05, 3.63) is 18.0 Å². The van der Waals surface area contributed by atoms with E-state index in [9.17, 15) is 8.42 Å². The maximum atomic E-state index is 12.0. The van der Waals surface area contributed by atoms with E-state index in [4.69, 9.17) is 5.11 Å². The second-order valence-electron chi connectivity index (χ2n) is 4.03. The number of sulfonamides is 1. The van der Waals surface area contributed by atoms with Crippen molar-refractivity contribution in [2.45, 2.75) is 37.8 Å². The Hall–Kier alpha value is -0.500. The van der Waals surface area contributed by atoms with Gasteiger partial charge in [0.05, 0.1) is 11.5 Å². The van der Waals surface area contributed by atoms with E-state index in [1.54, 1.807) is 11.8 Å². The first-order valence-corrected chi connectivity index (χ1v) is 8.51. The molecule has 0 aliphatic carbocycles. The van der Waals surface area contributed by atoms with Crippen LogP contribution in [0.4, 0.5) is 0 Å². The molecule has 0 aliphatic heterocycles. The quantitative estimate of drug-likeness (QED) is 0.631. The van der Waals surface area contributed by atoms with Crippen LogP contribution in [0.2, 0.25) is 0 Å². The molecule has 0 spiro atoms. The number of aromatic amines is 1. The minimum Gasteiger partial charge on any atom is -0.390 e. The largest absolute Gasteiger partial charge is 0.390 e. The third kappa shape index (κ3) is 4.64. The fourth-order valence-electron chi connectivity index (χ4n) is 1.46. The predicted molar refractivity (Wildman–Crippen MR) is 74.1 cm³/mol. The number of hydrogen-bond acceptors (Lipinski definition) is 4. The first-order valence-electron chi connectivity index (χ1n) is 5.87. The smallest absolute Gasteiger partial charge is 0.242 e. The van der Waals surface area contributed by atoms with Gasteiger partial charge in [-0.05, 0) is 30.9 Å². The summed E-state index contributed by atoms with van der Waals surface area (Å²) in [6.45, 7) is 3.74. The fourth-order valence-corrected chi connectivity index (χ4v) is 3.57. The van der Waals surface area contributed by atoms with Crippen LogP contribution in [0.5, 0.6) is 0 Å². The topological polar surface area (TPSA) is 82.2 Å². The summed E-state index contributed by atoms with van der Waals surface area (Å²) in [5.74, 6) is 1.98. The van der Waals surface area contributed by atoms with Gasteiger partial charge in [-0.15, -0.1) is 0 Å². The van der Waals surface area contributed by atoms with Crippen LogP contribution in [0.3, 0.4) is 0 Å². The van der Waals surface area contributed by atoms with Gasteiger partial charge in [-0.1, -0.05) is 6.92 Å². The number of thioether (sulfide) groups is 1. The molecule has 0 saturated carbocycles. The van der Waals surface area contributed by atoms with Gasteiger partial charge >= 0.3 is 0 Å². The van der Waals surface area contributed by atoms with Gasteiger partial charge in [-0.3, -0.25) is 0 Å². The van der Waals surface area contributed by atoms with Crippen LogP contribution in [0.15, 0.2) is 17.2 Å². The van der Waals surface area contributed by atoms with Crippen molar-refractivity contribution in [1.29, 1.82) is 0 Å². The van der Waals surface area contributed by atoms with Gasteiger partial charge in [0.1, 0.15) is 0 Å². The van der Waals surface area contributed by atoms with Crippen LogP contribution in [0.1, 0.15) is 26.0 Å². The first kappa shape index (κ1) is 15.6. The molecule has 104 valence electrons. The highest BCUT2D eigenvalue weighted by molar-refractivity contribution is 7.99. The van der Waals surface area contributed by atoms with Gasteiger partial charge in [0.25, 0.3) is 0 Å². The number of H-pyrrole nitrogens is 1. The van der Waals surface area contributed by atoms with E-state index in [-0.39, 0.29) is 17.5 Å². The molecule has 18 heavy (non-hydrogen) atoms. The van der Waals surface area contributed by atoms with E-state index >= 15 is 0 Å². The fraction of sp³-hybridized carbons (Fsp3) is 0.636. The lowest BCUT2D eigenvalue weighted by Gasteiger charge is -2.12. The Morgan fingerprint density at radius 1 is 1.56 bits per heavy atom. The Labute approximate surface area is 112 Å². The maximum absolute atomic E-state index is 12.0. The van der Waals surface area contributed by atoms with Crippen molar-refractivity contribution >= 4 is 21.8 Å². The number of aliphatic hydroxyl groups is 1. The summed E-state index contributed by atoms with van der Waals surface area (Å²) in [5.41, 5.74) is 0.490. The van der Waals surface area contributed by atoms with Crippen molar-refractivity contribution < 1.29 is 13.5 Å². The zero-order chi connectivity index (χ0) is 13.6. The van der Waals surface area contributed by atoms with E-state index in [0.29, 0.717) is 5.69 Å². The average Bonchev–Trinajstić information content (AvgIpc) is 2.78. The molecule has 5 nitrogen and oxygen atoms in total. The number of aromatic nitrogens is 1. The molecule has 1 aromatic rings. The van der Waals surface area contributed by atoms with Gasteiger partial charge in [0, 0.05) is 17.9 Å². The van der Waals surface area contributed by atoms with E-state index < -0.39 is 10.0 Å². The van der Waals surface area contributed by atoms with Crippen molar-refractivity contribution in [3.8, 4) is 0 Å². The van der Waals surface area contributed by atoms with Gasteiger partial charge in [-0.25, -0.2) is 13.1 Å². The summed E-state index contributed by atoms with van der Waals surface area (Å²) in [7, 11) is -3.49. The molecule has 0 saturated heterocycles. The SMILES string of the molecule is CCSCCC(C)NS(=O)(=O)c1c[nH]c(CO)c1. The molecular formula is C11H20N2O3S2. The van der Waals surface area contributed by atoms with Gasteiger partial charge in [-0.2, -0.15) is 11.8 Å². The summed E-state index contributed by atoms with van der Waals surface area (Å²) >= 11 is 1.79. The molecule has 0 bridgehead atoms. The summed E-state index contributed by atoms with van der Waals surface area (Å²) in [5, 5.41) is 8.89. The Morgan fingerprint density at radius 3 is 2.83 bits per heavy atom. The molecule has 0 aliphatic rings. The van der Waals surface area contributed by atoms with Gasteiger partial charge < -0.3 is 10.1 Å². The average molecular weight is 292 g/mol. The first-order chi connectivity index (χ1) is 8.49. The molecule has 7 heteroatoms. The van der Waals surface area contributed by atoms with E-state index in [1.807, 2.05) is 6.92 Å². The van der Waals surface area contributed by atoms with Crippen molar-refractivity contribution in [2.24, 2.45) is 0 Å². The summed E-state index contributed by atoms with van der Waals surface area (Å²) in [4.78, 5) is 2.88. The second kappa shape index (κ2) is 7.18. The third-order valence-corrected chi connectivity index (χ3v) is 4.95. The Kier molecular flexibility index (Phi) is 6.20. The highest BCUT2D eigenvalue weighted by Gasteiger charge is 2.18. The molecule has 1 heterocycles. The molecule has 1 rings (SSSR count). The lowest BCUT2D eigenvalue weighted by atomic mass is 10.3. The van der Waals surface area contributed by atoms with E-state index in [0.717, 1.165) is 17.9 Å². The van der Waals surface area contributed by atoms with Crippen molar-refractivity contribution in [3.63, 3.8) is 0 Å². The molecule has 1 aromatic heterocycles. The standard InChI is InChI=1S/C11H20N2O3S2/c1-3-17-5-4-9(2)13-18(15,16)11-6-10(8-14)12-7-11/h6-7,9,12-14H,3-5,8H2,1-2H3. The van der Waals surface area contributed by atoms with Gasteiger partial charge in [0.15, 0.2) is 0 Å². The minimum absolute atomic E-state index is 0.0958. The number of aliphatic hydroxyl groups excluding tert-OH is 1. The Morgan fingerprint density at radius 2 is 2.28 bits per heavy atom. The summed E-state index contributed by atoms with van der Waals surface area (Å²) in [6.07, 6.45) is 2.19. The zero-order valence-electron chi connectivity index (χ0n) is 10.6. The Balaban J connectivity index is 2.58. The molecule has 0 fully saturated rings. The molecule has 3 N–H and O–H groups in total. The highest BCUT2D eigenvalue weighted by Crippen LogP contribution is 2.12. The van der Waals surface area contributed by atoms with E-state index in [2.05, 4.69) is 16.6 Å². The Bertz CT molecular complexity index is 457. The van der Waals surface area contributed by atoms with Crippen molar-refractivity contribution in [1.82, 2.24) is 9.71 Å². The minimum atomic E-state index is -3.49. The molecule has 1 unspecified atom stereocenters. The van der Waals surface area contributed by atoms with Crippen LogP contribution < -0.4 is 4.72 Å². The maximum Gasteiger partial charge on any atom is 0.242 e. The van der Waals surface area contributed by atoms with Crippen LogP contribution >= 0.6 is 11.8 Å². The van der Waals surface area contributed by atoms with Crippen LogP contribution in [0, 0.1) is 0 Å². The lowest BCUT2D eigenvalue weighted by molar-refractivity contribution is 0.277. The van der Waals surface area contributed by atoms with Crippen LogP contribution in [0.25, 0.3) is 0 Å². The molecule has 0 radical (unpaired) electrons. The van der Waals surface area contributed by atoms with Crippen molar-refractivity contribution in [2.75, 3.05) is 11.5 Å². The molecular weight excluding hydrogens is 272 g/mol. The number of rotatable bonds is 8. The normalized spacial score (nSPS) is 13.7. The lowest BCUT2D eigenvalue weighted by Crippen LogP contribution is -2.32. The predicted octanol–water partition coefficient (Wildman–Crippen LogP) is 1.32. The summed E-state index contributed by atoms with van der Waals surface area (Å²) in [6, 6.07) is 1.34. The van der Waals surface area contributed by atoms with E-state index in [1.165, 1.54) is 12.3 Å². The monoisotopic (exact) mass is 292 g/mol. The molecule has 1 atom stereocenters. The molecule has 0 amide bonds. The summed E-state index contributed by atoms with van der Waals surface area (Å²) < 4.78 is 26.6. The molecule has 0 aromatic carbocycles. The number of nitrogens with one attached hydrogen (secondary N) is 2. The number of hydrogen-bond donors (Lipinski definition) is 3. The third-order valence-electron chi connectivity index (χ3n) is 2.45. The highest BCUT2D eigenvalue weighted by atomic mass is 32.2. The van der Waals surface area contributed by atoms with Crippen LogP contribution in [-0.4, -0.2) is 36.1 Å². The second-order valence-corrected chi connectivity index (χ2v) is 7.13. The van der Waals surface area contributed by atoms with Crippen LogP contribution in [-0.2, 0) is 16.6 Å². The van der Waals surface area contributed by atoms with Gasteiger partial charge in [0.2, 0.25) is 10.0 Å². The zero-order valence-corrected chi connectivity index (χ0v) is 12.3.